The van der Waals surface area contributed by atoms with Gasteiger partial charge in [0, 0.05) is 36.8 Å². The Balaban J connectivity index is 0.000000381. The van der Waals surface area contributed by atoms with E-state index in [-0.39, 0.29) is 31.8 Å². The Hall–Kier alpha value is -1.66. The smallest absolute Gasteiger partial charge is 0.303 e. The molecule has 4 saturated heterocycles. The molecule has 10 N–H and O–H groups in total. The molecule has 1 amide bonds. The molecule has 0 aromatic carbocycles. The highest BCUT2D eigenvalue weighted by atomic mass is 16.8. The van der Waals surface area contributed by atoms with Crippen molar-refractivity contribution in [1.82, 2.24) is 5.32 Å². The number of hydrogen-bond donors (Lipinski definition) is 9. The van der Waals surface area contributed by atoms with E-state index in [0.29, 0.717) is 0 Å². The molecule has 14 unspecified atom stereocenters. The summed E-state index contributed by atoms with van der Waals surface area (Å²) in [6.07, 6.45) is -14.4. The fourth-order valence-corrected chi connectivity index (χ4v) is 6.65. The third kappa shape index (κ3) is 13.9. The number of amides is 1. The normalized spacial score (nSPS) is 37.8. The second-order valence-electron chi connectivity index (χ2n) is 20.2. The molecule has 19 heteroatoms. The van der Waals surface area contributed by atoms with Crippen LogP contribution in [0, 0.1) is 10.8 Å². The van der Waals surface area contributed by atoms with Crippen molar-refractivity contribution >= 4 is 11.9 Å². The van der Waals surface area contributed by atoms with E-state index in [4.69, 9.17) is 48.7 Å². The van der Waals surface area contributed by atoms with E-state index < -0.39 is 125 Å². The van der Waals surface area contributed by atoms with Crippen molar-refractivity contribution in [1.29, 1.82) is 0 Å². The van der Waals surface area contributed by atoms with E-state index >= 15 is 0 Å². The summed E-state index contributed by atoms with van der Waals surface area (Å²) in [6.45, 7) is 29.3. The number of ether oxygens (including phenoxy) is 8. The molecule has 0 radical (unpaired) electrons. The highest BCUT2D eigenvalue weighted by molar-refractivity contribution is 5.75. The van der Waals surface area contributed by atoms with Crippen LogP contribution in [0.5, 0.6) is 0 Å². The second-order valence-corrected chi connectivity index (χ2v) is 20.2. The minimum absolute atomic E-state index is 0.0424. The Kier molecular flexibility index (Phi) is 19.2. The Morgan fingerprint density at radius 1 is 0.607 bits per heavy atom. The van der Waals surface area contributed by atoms with Gasteiger partial charge in [-0.15, -0.1) is 0 Å². The molecule has 4 heterocycles. The maximum Gasteiger partial charge on any atom is 0.303 e. The summed E-state index contributed by atoms with van der Waals surface area (Å²) in [6, 6.07) is 0. The lowest BCUT2D eigenvalue weighted by Gasteiger charge is -2.45. The molecule has 0 aliphatic carbocycles. The largest absolute Gasteiger partial charge is 0.481 e. The molecule has 0 saturated carbocycles. The molecule has 0 bridgehead atoms. The summed E-state index contributed by atoms with van der Waals surface area (Å²) in [5.41, 5.74) is 2.10. The first-order valence-corrected chi connectivity index (χ1v) is 21.2. The number of nitrogens with one attached hydrogen (secondary N) is 1. The number of rotatable bonds is 11. The molecule has 360 valence electrons. The number of aliphatic hydroxyl groups excluding tert-OH is 6. The van der Waals surface area contributed by atoms with Crippen LogP contribution in [0.1, 0.15) is 124 Å². The third-order valence-electron chi connectivity index (χ3n) is 12.1. The van der Waals surface area contributed by atoms with Crippen LogP contribution in [-0.2, 0) is 47.5 Å². The Bertz CT molecular complexity index is 1400. The van der Waals surface area contributed by atoms with Crippen LogP contribution in [0.2, 0.25) is 0 Å². The molecule has 0 aromatic rings. The van der Waals surface area contributed by atoms with Crippen LogP contribution in [0.3, 0.4) is 0 Å². The van der Waals surface area contributed by atoms with Crippen LogP contribution in [0.25, 0.3) is 0 Å². The predicted octanol–water partition coefficient (Wildman–Crippen LogP) is 1.28. The molecule has 4 fully saturated rings. The van der Waals surface area contributed by atoms with Crippen molar-refractivity contribution in [2.24, 2.45) is 16.6 Å². The van der Waals surface area contributed by atoms with Crippen LogP contribution >= 0.6 is 0 Å². The van der Waals surface area contributed by atoms with Crippen molar-refractivity contribution in [2.45, 2.75) is 232 Å². The highest BCUT2D eigenvalue weighted by Crippen LogP contribution is 2.48. The standard InChI is InChI=1S/C21H39NO8.C18H35NO7.C3H6O2/c1-9-12(23)22-10-11-15(13(24)14(25)17(27-11)29-19(2,3)4)28-18-16(26)20(5,6)21(7,8)30-18;1-16(2,3)25-14-11(21)10(20)12(9(8-19)23-14)24-15-13(22)17(4,5)18(6,7)26-15;1-2-3(4)5/h11,13-18,24-26H,9-10H2,1-8H3,(H,22,23);9-15,20-22H,8,19H2,1-7H3;2H2,1H3,(H,4,5). The summed E-state index contributed by atoms with van der Waals surface area (Å²) < 4.78 is 46.7. The van der Waals surface area contributed by atoms with Gasteiger partial charge in [0.05, 0.1) is 22.4 Å². The Labute approximate surface area is 361 Å². The molecule has 61 heavy (non-hydrogen) atoms. The summed E-state index contributed by atoms with van der Waals surface area (Å²) >= 11 is 0. The van der Waals surface area contributed by atoms with Crippen molar-refractivity contribution in [2.75, 3.05) is 13.1 Å². The van der Waals surface area contributed by atoms with Gasteiger partial charge in [0.15, 0.2) is 25.2 Å². The van der Waals surface area contributed by atoms with Gasteiger partial charge in [0.2, 0.25) is 5.91 Å². The second kappa shape index (κ2) is 21.1. The zero-order chi connectivity index (χ0) is 47.4. The maximum atomic E-state index is 11.8. The lowest BCUT2D eigenvalue weighted by molar-refractivity contribution is -0.340. The van der Waals surface area contributed by atoms with Crippen LogP contribution in [0.15, 0.2) is 0 Å². The summed E-state index contributed by atoms with van der Waals surface area (Å²) in [7, 11) is 0. The average Bonchev–Trinajstić information content (AvgIpc) is 3.39. The number of carboxylic acids is 1. The highest BCUT2D eigenvalue weighted by Gasteiger charge is 2.59. The van der Waals surface area contributed by atoms with Gasteiger partial charge >= 0.3 is 5.97 Å². The number of nitrogens with two attached hydrogens (primary N) is 1. The maximum absolute atomic E-state index is 11.8. The van der Waals surface area contributed by atoms with Gasteiger partial charge in [-0.05, 0) is 69.2 Å². The van der Waals surface area contributed by atoms with Gasteiger partial charge < -0.3 is 84.7 Å². The number of aliphatic hydroxyl groups is 6. The first kappa shape index (κ1) is 55.5. The number of hydrogen-bond acceptors (Lipinski definition) is 17. The molecule has 4 aliphatic heterocycles. The minimum atomic E-state index is -1.38. The van der Waals surface area contributed by atoms with Gasteiger partial charge in [0.25, 0.3) is 0 Å². The molecule has 0 aromatic heterocycles. The Morgan fingerprint density at radius 2 is 0.951 bits per heavy atom. The Morgan fingerprint density at radius 3 is 1.23 bits per heavy atom. The molecule has 14 atom stereocenters. The first-order valence-electron chi connectivity index (χ1n) is 21.2. The topological polar surface area (TPSA) is 288 Å². The third-order valence-corrected chi connectivity index (χ3v) is 12.1. The van der Waals surface area contributed by atoms with Gasteiger partial charge in [0.1, 0.15) is 61.0 Å². The van der Waals surface area contributed by atoms with Gasteiger partial charge in [-0.2, -0.15) is 0 Å². The first-order chi connectivity index (χ1) is 27.6. The summed E-state index contributed by atoms with van der Waals surface area (Å²) in [5.74, 6) is -0.935. The molecule has 0 spiro atoms. The fraction of sp³-hybridized carbons (Fsp3) is 0.952. The van der Waals surface area contributed by atoms with E-state index in [2.05, 4.69) is 5.32 Å². The SMILES string of the molecule is CC(C)(C)OC1OC(CN)C(OC2OC(C)(C)C(C)(C)C2O)C(O)C1O.CCC(=O)NCC1OC(OC(C)(C)C)C(O)C(O)C1OC1OC(C)(C)C(C)(C)C1O.CCC(=O)O. The van der Waals surface area contributed by atoms with Crippen molar-refractivity contribution in [3.63, 3.8) is 0 Å². The summed E-state index contributed by atoms with van der Waals surface area (Å²) in [5, 5.41) is 74.2. The molecule has 4 aliphatic rings. The number of carbonyl (C=O) groups is 2. The fourth-order valence-electron chi connectivity index (χ4n) is 6.65. The molecule has 4 rings (SSSR count). The number of carbonyl (C=O) groups excluding carboxylic acids is 1. The van der Waals surface area contributed by atoms with E-state index in [1.165, 1.54) is 0 Å². The van der Waals surface area contributed by atoms with Gasteiger partial charge in [-0.25, -0.2) is 0 Å². The molecule has 19 nitrogen and oxygen atoms in total. The lowest BCUT2D eigenvalue weighted by atomic mass is 9.75. The van der Waals surface area contributed by atoms with E-state index in [1.807, 2.05) is 76.2 Å². The van der Waals surface area contributed by atoms with Gasteiger partial charge in [-0.3, -0.25) is 9.59 Å². The zero-order valence-corrected chi connectivity index (χ0v) is 39.2. The number of aliphatic carboxylic acids is 1. The van der Waals surface area contributed by atoms with Crippen LogP contribution in [0.4, 0.5) is 0 Å². The lowest BCUT2D eigenvalue weighted by Crippen LogP contribution is -2.63. The van der Waals surface area contributed by atoms with E-state index in [1.54, 1.807) is 34.6 Å². The van der Waals surface area contributed by atoms with Crippen LogP contribution < -0.4 is 11.1 Å². The average molecular weight is 885 g/mol. The van der Waals surface area contributed by atoms with E-state index in [9.17, 15) is 40.2 Å². The van der Waals surface area contributed by atoms with Crippen LogP contribution in [-0.4, -0.2) is 169 Å². The molecular formula is C42H80N2O17. The summed E-state index contributed by atoms with van der Waals surface area (Å²) in [4.78, 5) is 21.1. The quantitative estimate of drug-likeness (QED) is 0.141. The van der Waals surface area contributed by atoms with Gasteiger partial charge in [-0.1, -0.05) is 41.5 Å². The zero-order valence-electron chi connectivity index (χ0n) is 39.2. The molecular weight excluding hydrogens is 804 g/mol. The van der Waals surface area contributed by atoms with Crippen molar-refractivity contribution in [3.8, 4) is 0 Å². The monoisotopic (exact) mass is 885 g/mol. The number of carboxylic acid groups (broad SMARTS) is 1. The van der Waals surface area contributed by atoms with Crippen molar-refractivity contribution < 1.29 is 83.2 Å². The van der Waals surface area contributed by atoms with Crippen molar-refractivity contribution in [3.05, 3.63) is 0 Å². The predicted molar refractivity (Wildman–Crippen MR) is 221 cm³/mol. The minimum Gasteiger partial charge on any atom is -0.481 e. The van der Waals surface area contributed by atoms with E-state index in [0.717, 1.165) is 0 Å².